The number of hydrogen-bond donors (Lipinski definition) is 0. The van der Waals surface area contributed by atoms with Crippen molar-refractivity contribution in [2.24, 2.45) is 0 Å². The van der Waals surface area contributed by atoms with E-state index in [9.17, 15) is 0 Å². The number of nitrogens with zero attached hydrogens (tertiary/aromatic N) is 1. The Morgan fingerprint density at radius 3 is 2.05 bits per heavy atom. The smallest absolute Gasteiger partial charge is 0.160 e. The molecule has 0 unspecified atom stereocenters. The van der Waals surface area contributed by atoms with Gasteiger partial charge in [0, 0.05) is 31.6 Å². The molecule has 3 heteroatoms. The molecule has 0 N–H and O–H groups in total. The van der Waals surface area contributed by atoms with Gasteiger partial charge in [0.05, 0.1) is 21.8 Å². The number of fused-ring (bicyclic) bond motifs is 7. The molecule has 9 rings (SSSR count). The molecule has 2 nitrogen and oxygen atoms in total. The van der Waals surface area contributed by atoms with Crippen molar-refractivity contribution in [3.8, 4) is 11.1 Å². The van der Waals surface area contributed by atoms with Gasteiger partial charge in [0.1, 0.15) is 5.58 Å². The van der Waals surface area contributed by atoms with Crippen LogP contribution in [0.15, 0.2) is 156 Å². The van der Waals surface area contributed by atoms with Gasteiger partial charge in [0.15, 0.2) is 5.58 Å². The first kappa shape index (κ1) is 24.2. The Morgan fingerprint density at radius 2 is 1.14 bits per heavy atom. The summed E-state index contributed by atoms with van der Waals surface area (Å²) in [5, 5.41) is 7.21. The predicted molar refractivity (Wildman–Crippen MR) is 184 cm³/mol. The normalized spacial score (nSPS) is 11.7. The molecular formula is C40H25NOS. The number of rotatable bonds is 4. The molecule has 2 aromatic heterocycles. The van der Waals surface area contributed by atoms with Crippen LogP contribution >= 0.6 is 11.3 Å². The first-order chi connectivity index (χ1) is 21.3. The third-order valence-corrected chi connectivity index (χ3v) is 9.67. The molecule has 2 heterocycles. The minimum atomic E-state index is 0.883. The van der Waals surface area contributed by atoms with E-state index in [1.165, 1.54) is 42.1 Å². The largest absolute Gasteiger partial charge is 0.454 e. The fraction of sp³-hybridized carbons (Fsp3) is 0. The van der Waals surface area contributed by atoms with Crippen molar-refractivity contribution in [2.45, 2.75) is 0 Å². The van der Waals surface area contributed by atoms with E-state index >= 15 is 0 Å². The minimum absolute atomic E-state index is 0.883. The highest BCUT2D eigenvalue weighted by Gasteiger charge is 2.25. The second kappa shape index (κ2) is 9.59. The van der Waals surface area contributed by atoms with Gasteiger partial charge in [0.25, 0.3) is 0 Å². The van der Waals surface area contributed by atoms with Crippen molar-refractivity contribution in [1.29, 1.82) is 0 Å². The maximum Gasteiger partial charge on any atom is 0.160 e. The van der Waals surface area contributed by atoms with Crippen LogP contribution in [0.2, 0.25) is 0 Å². The van der Waals surface area contributed by atoms with Gasteiger partial charge >= 0.3 is 0 Å². The zero-order valence-electron chi connectivity index (χ0n) is 23.2. The highest BCUT2D eigenvalue weighted by molar-refractivity contribution is 7.26. The first-order valence-electron chi connectivity index (χ1n) is 14.5. The average molecular weight is 568 g/mol. The monoisotopic (exact) mass is 567 g/mol. The van der Waals surface area contributed by atoms with Crippen LogP contribution in [0.25, 0.3) is 64.0 Å². The van der Waals surface area contributed by atoms with Crippen molar-refractivity contribution in [1.82, 2.24) is 0 Å². The number of anilines is 3. The molecule has 0 atom stereocenters. The van der Waals surface area contributed by atoms with E-state index < -0.39 is 0 Å². The lowest BCUT2D eigenvalue weighted by Gasteiger charge is -2.27. The topological polar surface area (TPSA) is 16.4 Å². The third-order valence-electron chi connectivity index (χ3n) is 8.46. The van der Waals surface area contributed by atoms with Crippen LogP contribution in [0.1, 0.15) is 0 Å². The predicted octanol–water partition coefficient (Wildman–Crippen LogP) is 12.2. The van der Waals surface area contributed by atoms with Crippen LogP contribution in [-0.2, 0) is 0 Å². The van der Waals surface area contributed by atoms with Gasteiger partial charge in [-0.05, 0) is 46.8 Å². The second-order valence-electron chi connectivity index (χ2n) is 10.9. The highest BCUT2D eigenvalue weighted by atomic mass is 32.1. The molecule has 7 aromatic carbocycles. The summed E-state index contributed by atoms with van der Waals surface area (Å²) in [7, 11) is 0. The molecule has 0 radical (unpaired) electrons. The Labute approximate surface area is 252 Å². The number of benzene rings is 7. The van der Waals surface area contributed by atoms with Crippen molar-refractivity contribution in [3.63, 3.8) is 0 Å². The summed E-state index contributed by atoms with van der Waals surface area (Å²) in [6, 6.07) is 54.1. The lowest BCUT2D eigenvalue weighted by atomic mass is 9.98. The molecule has 0 aliphatic carbocycles. The molecule has 0 saturated heterocycles. The molecular weight excluding hydrogens is 543 g/mol. The molecule has 0 bridgehead atoms. The lowest BCUT2D eigenvalue weighted by Crippen LogP contribution is -2.11. The van der Waals surface area contributed by atoms with Crippen molar-refractivity contribution in [3.05, 3.63) is 152 Å². The molecule has 202 valence electrons. The Morgan fingerprint density at radius 1 is 0.465 bits per heavy atom. The quantitative estimate of drug-likeness (QED) is 0.210. The fourth-order valence-corrected chi connectivity index (χ4v) is 7.76. The van der Waals surface area contributed by atoms with E-state index in [2.05, 4.69) is 150 Å². The number of furan rings is 1. The number of thiophene rings is 1. The molecule has 0 aliphatic heterocycles. The third kappa shape index (κ3) is 3.72. The SMILES string of the molecule is c1ccc(-c2ccc(N(c3cccc4ccccc34)c3cccc4c3sc3ccccc34)c3oc4ccccc4c23)cc1. The van der Waals surface area contributed by atoms with Gasteiger partial charge in [-0.15, -0.1) is 11.3 Å². The first-order valence-corrected chi connectivity index (χ1v) is 15.3. The molecule has 0 spiro atoms. The summed E-state index contributed by atoms with van der Waals surface area (Å²) in [6.45, 7) is 0. The Bertz CT molecular complexity index is 2460. The second-order valence-corrected chi connectivity index (χ2v) is 11.9. The number of para-hydroxylation sites is 1. The van der Waals surface area contributed by atoms with Gasteiger partial charge in [0.2, 0.25) is 0 Å². The Hall–Kier alpha value is -5.38. The summed E-state index contributed by atoms with van der Waals surface area (Å²) in [5.74, 6) is 0. The van der Waals surface area contributed by atoms with Crippen LogP contribution < -0.4 is 4.90 Å². The van der Waals surface area contributed by atoms with E-state index in [0.717, 1.165) is 39.0 Å². The standard InChI is InChI=1S/C40H25NOS/c1-2-12-27(13-3-1)29-24-25-34(39-38(29)32-18-6-8-22-36(32)42-39)41(33-20-10-15-26-14-4-5-16-28(26)33)35-21-11-19-31-30-17-7-9-23-37(30)43-40(31)35/h1-25H. The highest BCUT2D eigenvalue weighted by Crippen LogP contribution is 2.50. The van der Waals surface area contributed by atoms with Gasteiger partial charge < -0.3 is 9.32 Å². The average Bonchev–Trinajstić information content (AvgIpc) is 3.65. The van der Waals surface area contributed by atoms with E-state index in [1.54, 1.807) is 0 Å². The van der Waals surface area contributed by atoms with Crippen LogP contribution in [-0.4, -0.2) is 0 Å². The Kier molecular flexibility index (Phi) is 5.40. The summed E-state index contributed by atoms with van der Waals surface area (Å²) in [4.78, 5) is 2.42. The van der Waals surface area contributed by atoms with Crippen LogP contribution in [0.4, 0.5) is 17.1 Å². The van der Waals surface area contributed by atoms with Gasteiger partial charge in [-0.3, -0.25) is 0 Å². The zero-order valence-corrected chi connectivity index (χ0v) is 24.0. The molecule has 0 fully saturated rings. The van der Waals surface area contributed by atoms with Crippen molar-refractivity contribution >= 4 is 81.3 Å². The maximum atomic E-state index is 6.81. The van der Waals surface area contributed by atoms with E-state index in [-0.39, 0.29) is 0 Å². The molecule has 0 amide bonds. The summed E-state index contributed by atoms with van der Waals surface area (Å²) in [5.41, 5.74) is 7.40. The minimum Gasteiger partial charge on any atom is -0.454 e. The Balaban J connectivity index is 1.43. The van der Waals surface area contributed by atoms with Gasteiger partial charge in [-0.1, -0.05) is 121 Å². The van der Waals surface area contributed by atoms with E-state index in [0.29, 0.717) is 0 Å². The van der Waals surface area contributed by atoms with Gasteiger partial charge in [-0.2, -0.15) is 0 Å². The van der Waals surface area contributed by atoms with Crippen molar-refractivity contribution in [2.75, 3.05) is 4.90 Å². The fourth-order valence-electron chi connectivity index (χ4n) is 6.55. The molecule has 0 saturated carbocycles. The van der Waals surface area contributed by atoms with E-state index in [4.69, 9.17) is 4.42 Å². The van der Waals surface area contributed by atoms with Crippen LogP contribution in [0.5, 0.6) is 0 Å². The summed E-state index contributed by atoms with van der Waals surface area (Å²) >= 11 is 1.85. The van der Waals surface area contributed by atoms with Crippen LogP contribution in [0.3, 0.4) is 0 Å². The molecule has 9 aromatic rings. The maximum absolute atomic E-state index is 6.81. The lowest BCUT2D eigenvalue weighted by molar-refractivity contribution is 0.669. The molecule has 43 heavy (non-hydrogen) atoms. The summed E-state index contributed by atoms with van der Waals surface area (Å²) < 4.78 is 9.36. The van der Waals surface area contributed by atoms with Gasteiger partial charge in [-0.25, -0.2) is 0 Å². The van der Waals surface area contributed by atoms with Crippen molar-refractivity contribution < 1.29 is 4.42 Å². The molecule has 0 aliphatic rings. The zero-order chi connectivity index (χ0) is 28.3. The number of hydrogen-bond acceptors (Lipinski definition) is 3. The van der Waals surface area contributed by atoms with E-state index in [1.807, 2.05) is 17.4 Å². The van der Waals surface area contributed by atoms with Crippen LogP contribution in [0, 0.1) is 0 Å². The summed E-state index contributed by atoms with van der Waals surface area (Å²) in [6.07, 6.45) is 0.